The summed E-state index contributed by atoms with van der Waals surface area (Å²) in [6, 6.07) is 21.6. The lowest BCUT2D eigenvalue weighted by molar-refractivity contribution is -0.132. The summed E-state index contributed by atoms with van der Waals surface area (Å²) in [6.45, 7) is 2.18. The molecule has 3 aromatic carbocycles. The summed E-state index contributed by atoms with van der Waals surface area (Å²) in [7, 11) is 1.64. The highest BCUT2D eigenvalue weighted by atomic mass is 16.5. The highest BCUT2D eigenvalue weighted by Gasteiger charge is 2.24. The minimum atomic E-state index is -0.633. The zero-order valence-electron chi connectivity index (χ0n) is 19.8. The topological polar surface area (TPSA) is 97.0 Å². The summed E-state index contributed by atoms with van der Waals surface area (Å²) in [5.74, 6) is -0.340. The van der Waals surface area contributed by atoms with Crippen molar-refractivity contribution in [1.82, 2.24) is 9.47 Å². The number of benzene rings is 3. The molecule has 1 aromatic heterocycles. The minimum Gasteiger partial charge on any atom is -0.495 e. The highest BCUT2D eigenvalue weighted by Crippen LogP contribution is 2.28. The van der Waals surface area contributed by atoms with Gasteiger partial charge in [-0.1, -0.05) is 30.3 Å². The van der Waals surface area contributed by atoms with E-state index in [2.05, 4.69) is 10.2 Å². The van der Waals surface area contributed by atoms with Crippen LogP contribution in [0.5, 0.6) is 5.75 Å². The predicted molar refractivity (Wildman–Crippen MR) is 137 cm³/mol. The molecule has 1 fully saturated rings. The maximum absolute atomic E-state index is 13.1. The molecule has 0 radical (unpaired) electrons. The molecule has 1 aliphatic rings. The SMILES string of the molecule is COc1ccccc1N1CCN(C(=O)Cn2c(=O)oc3ccc(C(=O)Nc4ccccc4)cc32)CC1. The van der Waals surface area contributed by atoms with Crippen LogP contribution in [-0.4, -0.2) is 54.6 Å². The average Bonchev–Trinajstić information content (AvgIpc) is 3.23. The van der Waals surface area contributed by atoms with Gasteiger partial charge in [-0.2, -0.15) is 0 Å². The summed E-state index contributed by atoms with van der Waals surface area (Å²) in [5, 5.41) is 2.82. The van der Waals surface area contributed by atoms with Crippen LogP contribution in [0.25, 0.3) is 11.1 Å². The third kappa shape index (κ3) is 4.68. The van der Waals surface area contributed by atoms with E-state index in [1.165, 1.54) is 4.57 Å². The second-order valence-electron chi connectivity index (χ2n) is 8.50. The molecule has 0 atom stereocenters. The molecule has 9 nitrogen and oxygen atoms in total. The van der Waals surface area contributed by atoms with Crippen LogP contribution in [0.4, 0.5) is 11.4 Å². The number of carbonyl (C=O) groups excluding carboxylic acids is 2. The number of aromatic nitrogens is 1. The number of carbonyl (C=O) groups is 2. The molecule has 0 saturated carbocycles. The second kappa shape index (κ2) is 9.99. The Kier molecular flexibility index (Phi) is 6.44. The van der Waals surface area contributed by atoms with E-state index in [4.69, 9.17) is 9.15 Å². The van der Waals surface area contributed by atoms with Gasteiger partial charge in [-0.05, 0) is 42.5 Å². The Hall–Kier alpha value is -4.53. The van der Waals surface area contributed by atoms with Crippen LogP contribution in [0.15, 0.2) is 82.0 Å². The molecule has 0 spiro atoms. The van der Waals surface area contributed by atoms with Crippen LogP contribution in [0.1, 0.15) is 10.4 Å². The fourth-order valence-electron chi connectivity index (χ4n) is 4.40. The van der Waals surface area contributed by atoms with Gasteiger partial charge in [-0.15, -0.1) is 0 Å². The van der Waals surface area contributed by atoms with Crippen LogP contribution in [0.3, 0.4) is 0 Å². The Morgan fingerprint density at radius 1 is 0.944 bits per heavy atom. The van der Waals surface area contributed by atoms with Crippen LogP contribution >= 0.6 is 0 Å². The van der Waals surface area contributed by atoms with Crippen LogP contribution in [0.2, 0.25) is 0 Å². The standard InChI is InChI=1S/C27H26N4O5/c1-35-23-10-6-5-9-21(23)29-13-15-30(16-14-29)25(32)18-31-22-17-19(11-12-24(22)36-27(31)34)26(33)28-20-7-3-2-4-8-20/h2-12,17H,13-16,18H2,1H3,(H,28,33). The Labute approximate surface area is 207 Å². The van der Waals surface area contributed by atoms with E-state index in [9.17, 15) is 14.4 Å². The molecule has 4 aromatic rings. The van der Waals surface area contributed by atoms with Gasteiger partial charge in [0.2, 0.25) is 5.91 Å². The summed E-state index contributed by atoms with van der Waals surface area (Å²) >= 11 is 0. The lowest BCUT2D eigenvalue weighted by Crippen LogP contribution is -2.50. The number of nitrogens with one attached hydrogen (secondary N) is 1. The third-order valence-corrected chi connectivity index (χ3v) is 6.31. The Morgan fingerprint density at radius 2 is 1.67 bits per heavy atom. The normalized spacial score (nSPS) is 13.6. The number of anilines is 2. The number of nitrogens with zero attached hydrogens (tertiary/aromatic N) is 3. The number of rotatable bonds is 6. The molecular weight excluding hydrogens is 460 g/mol. The Bertz CT molecular complexity index is 1450. The average molecular weight is 487 g/mol. The van der Waals surface area contributed by atoms with E-state index < -0.39 is 5.76 Å². The van der Waals surface area contributed by atoms with Crippen molar-refractivity contribution in [2.45, 2.75) is 6.54 Å². The first-order valence-corrected chi connectivity index (χ1v) is 11.7. The third-order valence-electron chi connectivity index (χ3n) is 6.31. The molecule has 5 rings (SSSR count). The van der Waals surface area contributed by atoms with Gasteiger partial charge in [-0.3, -0.25) is 14.2 Å². The number of methoxy groups -OCH3 is 1. The quantitative estimate of drug-likeness (QED) is 0.450. The molecule has 184 valence electrons. The molecule has 0 unspecified atom stereocenters. The zero-order chi connectivity index (χ0) is 25.1. The predicted octanol–water partition coefficient (Wildman–Crippen LogP) is 3.20. The maximum Gasteiger partial charge on any atom is 0.420 e. The van der Waals surface area contributed by atoms with E-state index >= 15 is 0 Å². The van der Waals surface area contributed by atoms with E-state index in [0.29, 0.717) is 48.5 Å². The smallest absolute Gasteiger partial charge is 0.420 e. The van der Waals surface area contributed by atoms with Gasteiger partial charge in [0.1, 0.15) is 12.3 Å². The highest BCUT2D eigenvalue weighted by molar-refractivity contribution is 6.05. The van der Waals surface area contributed by atoms with Gasteiger partial charge < -0.3 is 24.3 Å². The van der Waals surface area contributed by atoms with Gasteiger partial charge in [-0.25, -0.2) is 4.79 Å². The molecule has 1 N–H and O–H groups in total. The van der Waals surface area contributed by atoms with Gasteiger partial charge in [0.15, 0.2) is 5.58 Å². The van der Waals surface area contributed by atoms with Crippen molar-refractivity contribution in [2.75, 3.05) is 43.5 Å². The first-order chi connectivity index (χ1) is 17.5. The summed E-state index contributed by atoms with van der Waals surface area (Å²) in [5.41, 5.74) is 2.74. The first kappa shape index (κ1) is 23.2. The van der Waals surface area contributed by atoms with E-state index in [-0.39, 0.29) is 18.4 Å². The first-order valence-electron chi connectivity index (χ1n) is 11.7. The van der Waals surface area contributed by atoms with Crippen molar-refractivity contribution in [3.05, 3.63) is 88.9 Å². The number of amides is 2. The van der Waals surface area contributed by atoms with Crippen LogP contribution in [0, 0.1) is 0 Å². The largest absolute Gasteiger partial charge is 0.495 e. The lowest BCUT2D eigenvalue weighted by atomic mass is 10.2. The molecule has 9 heteroatoms. The number of ether oxygens (including phenoxy) is 1. The van der Waals surface area contributed by atoms with Crippen molar-refractivity contribution in [1.29, 1.82) is 0 Å². The number of oxazole rings is 1. The van der Waals surface area contributed by atoms with Gasteiger partial charge in [0.25, 0.3) is 5.91 Å². The fourth-order valence-corrected chi connectivity index (χ4v) is 4.40. The summed E-state index contributed by atoms with van der Waals surface area (Å²) in [4.78, 5) is 42.3. The molecule has 2 heterocycles. The van der Waals surface area contributed by atoms with Gasteiger partial charge in [0, 0.05) is 37.4 Å². The number of piperazine rings is 1. The monoisotopic (exact) mass is 486 g/mol. The van der Waals surface area contributed by atoms with Crippen molar-refractivity contribution in [2.24, 2.45) is 0 Å². The van der Waals surface area contributed by atoms with E-state index in [0.717, 1.165) is 11.4 Å². The number of fused-ring (bicyclic) bond motifs is 1. The summed E-state index contributed by atoms with van der Waals surface area (Å²) < 4.78 is 12.1. The molecule has 0 bridgehead atoms. The number of hydrogen-bond acceptors (Lipinski definition) is 6. The number of para-hydroxylation sites is 3. The van der Waals surface area contributed by atoms with Crippen molar-refractivity contribution in [3.63, 3.8) is 0 Å². The van der Waals surface area contributed by atoms with Gasteiger partial charge >= 0.3 is 5.76 Å². The van der Waals surface area contributed by atoms with E-state index in [1.807, 2.05) is 42.5 Å². The van der Waals surface area contributed by atoms with E-state index in [1.54, 1.807) is 42.3 Å². The van der Waals surface area contributed by atoms with Crippen molar-refractivity contribution in [3.8, 4) is 5.75 Å². The zero-order valence-corrected chi connectivity index (χ0v) is 19.8. The molecule has 1 saturated heterocycles. The minimum absolute atomic E-state index is 0.162. The Balaban J connectivity index is 1.29. The van der Waals surface area contributed by atoms with Crippen molar-refractivity contribution < 1.29 is 18.7 Å². The van der Waals surface area contributed by atoms with Gasteiger partial charge in [0.05, 0.1) is 18.3 Å². The second-order valence-corrected chi connectivity index (χ2v) is 8.50. The summed E-state index contributed by atoms with van der Waals surface area (Å²) in [6.07, 6.45) is 0. The molecule has 0 aliphatic carbocycles. The number of hydrogen-bond donors (Lipinski definition) is 1. The molecule has 2 amide bonds. The van der Waals surface area contributed by atoms with Crippen molar-refractivity contribution >= 4 is 34.3 Å². The Morgan fingerprint density at radius 3 is 2.42 bits per heavy atom. The molecule has 1 aliphatic heterocycles. The molecular formula is C27H26N4O5. The molecule has 36 heavy (non-hydrogen) atoms. The van der Waals surface area contributed by atoms with Crippen LogP contribution in [-0.2, 0) is 11.3 Å². The lowest BCUT2D eigenvalue weighted by Gasteiger charge is -2.36. The maximum atomic E-state index is 13.1. The fraction of sp³-hybridized carbons (Fsp3) is 0.222. The van der Waals surface area contributed by atoms with Crippen LogP contribution < -0.4 is 20.7 Å².